The number of nitrogens with zero attached hydrogens (tertiary/aromatic N) is 1. The van der Waals surface area contributed by atoms with Gasteiger partial charge >= 0.3 is 0 Å². The number of phenols is 1. The van der Waals surface area contributed by atoms with Crippen molar-refractivity contribution in [3.05, 3.63) is 71.3 Å². The van der Waals surface area contributed by atoms with Gasteiger partial charge in [0.05, 0.1) is 6.21 Å². The fraction of sp³-hybridized carbons (Fsp3) is 0.273. The maximum Gasteiger partial charge on any atom is 0.262 e. The summed E-state index contributed by atoms with van der Waals surface area (Å²) in [7, 11) is 0. The smallest absolute Gasteiger partial charge is 0.262 e. The number of hydrazone groups is 1. The molecule has 0 aliphatic rings. The zero-order valence-corrected chi connectivity index (χ0v) is 16.1. The first-order valence-electron chi connectivity index (χ1n) is 9.04. The van der Waals surface area contributed by atoms with Crippen molar-refractivity contribution in [2.45, 2.75) is 39.7 Å². The molecule has 0 bridgehead atoms. The molecule has 0 aliphatic heterocycles. The Bertz CT molecular complexity index is 843. The van der Waals surface area contributed by atoms with Crippen LogP contribution in [0.2, 0.25) is 0 Å². The fourth-order valence-electron chi connectivity index (χ4n) is 2.80. The Morgan fingerprint density at radius 3 is 2.74 bits per heavy atom. The largest absolute Gasteiger partial charge is 0.507 e. The molecule has 27 heavy (non-hydrogen) atoms. The van der Waals surface area contributed by atoms with Gasteiger partial charge in [-0.1, -0.05) is 42.8 Å². The van der Waals surface area contributed by atoms with Gasteiger partial charge in [0.2, 0.25) is 0 Å². The van der Waals surface area contributed by atoms with Gasteiger partial charge in [-0.15, -0.1) is 6.58 Å². The van der Waals surface area contributed by atoms with Crippen LogP contribution >= 0.6 is 0 Å². The topological polar surface area (TPSA) is 73.7 Å². The van der Waals surface area contributed by atoms with Gasteiger partial charge in [-0.3, -0.25) is 4.79 Å². The molecule has 0 spiro atoms. The Kier molecular flexibility index (Phi) is 7.17. The van der Waals surface area contributed by atoms with E-state index in [2.05, 4.69) is 28.5 Å². The van der Waals surface area contributed by atoms with Gasteiger partial charge in [-0.05, 0) is 49.9 Å². The number of phenolic OH excluding ortho intramolecular Hbond substituents is 1. The van der Waals surface area contributed by atoms with E-state index in [1.54, 1.807) is 12.1 Å². The minimum absolute atomic E-state index is 0.149. The molecule has 0 radical (unpaired) electrons. The van der Waals surface area contributed by atoms with Gasteiger partial charge in [0.25, 0.3) is 5.91 Å². The summed E-state index contributed by atoms with van der Waals surface area (Å²) in [5, 5.41) is 17.5. The number of benzene rings is 2. The number of hydrogen-bond donors (Lipinski definition) is 3. The third-order valence-electron chi connectivity index (χ3n) is 4.33. The Hall–Kier alpha value is -3.08. The number of para-hydroxylation sites is 1. The minimum Gasteiger partial charge on any atom is -0.507 e. The van der Waals surface area contributed by atoms with E-state index in [4.69, 9.17) is 0 Å². The molecule has 0 saturated carbocycles. The van der Waals surface area contributed by atoms with E-state index >= 15 is 0 Å². The molecule has 0 saturated heterocycles. The summed E-state index contributed by atoms with van der Waals surface area (Å²) in [5.74, 6) is -0.0775. The van der Waals surface area contributed by atoms with Crippen molar-refractivity contribution in [2.24, 2.45) is 5.10 Å². The first-order chi connectivity index (χ1) is 13.0. The first-order valence-corrected chi connectivity index (χ1v) is 9.04. The summed E-state index contributed by atoms with van der Waals surface area (Å²) in [6.07, 6.45) is 4.36. The van der Waals surface area contributed by atoms with Crippen LogP contribution in [0.4, 0.5) is 5.69 Å². The lowest BCUT2D eigenvalue weighted by Crippen LogP contribution is -2.37. The van der Waals surface area contributed by atoms with Crippen LogP contribution in [0.5, 0.6) is 5.75 Å². The maximum atomic E-state index is 12.4. The first kappa shape index (κ1) is 20.2. The molecule has 0 fully saturated rings. The second kappa shape index (κ2) is 9.57. The standard InChI is InChI=1S/C22H27N3O2/c1-5-8-17-9-7-10-18(21(17)26)14-23-25-22(27)19(6-2)24-20-12-11-15(3)13-16(20)4/h5,7,9-14,19,24,26H,1,6,8H2,2-4H3,(H,25,27). The third kappa shape index (κ3) is 5.45. The number of carbonyl (C=O) groups is 1. The van der Waals surface area contributed by atoms with Gasteiger partial charge in [0, 0.05) is 11.3 Å². The summed E-state index contributed by atoms with van der Waals surface area (Å²) >= 11 is 0. The number of carbonyl (C=O) groups excluding carboxylic acids is 1. The molecule has 0 heterocycles. The number of amides is 1. The molecule has 2 aromatic carbocycles. The van der Waals surface area contributed by atoms with E-state index in [9.17, 15) is 9.90 Å². The van der Waals surface area contributed by atoms with Crippen LogP contribution in [-0.4, -0.2) is 23.3 Å². The second-order valence-corrected chi connectivity index (χ2v) is 6.51. The van der Waals surface area contributed by atoms with Gasteiger partial charge in [-0.25, -0.2) is 5.43 Å². The highest BCUT2D eigenvalue weighted by atomic mass is 16.3. The van der Waals surface area contributed by atoms with Crippen LogP contribution < -0.4 is 10.7 Å². The monoisotopic (exact) mass is 365 g/mol. The average molecular weight is 365 g/mol. The van der Waals surface area contributed by atoms with Gasteiger partial charge in [0.15, 0.2) is 0 Å². The molecule has 1 atom stereocenters. The van der Waals surface area contributed by atoms with E-state index in [-0.39, 0.29) is 11.7 Å². The van der Waals surface area contributed by atoms with Crippen molar-refractivity contribution < 1.29 is 9.90 Å². The normalized spacial score (nSPS) is 12.0. The summed E-state index contributed by atoms with van der Waals surface area (Å²) in [5.41, 5.74) is 7.06. The lowest BCUT2D eigenvalue weighted by molar-refractivity contribution is -0.121. The van der Waals surface area contributed by atoms with Crippen LogP contribution in [0.1, 0.15) is 35.6 Å². The van der Waals surface area contributed by atoms with E-state index in [0.717, 1.165) is 16.8 Å². The van der Waals surface area contributed by atoms with Crippen LogP contribution in [0.3, 0.4) is 0 Å². The fourth-order valence-corrected chi connectivity index (χ4v) is 2.80. The molecule has 2 rings (SSSR count). The number of rotatable bonds is 8. The zero-order valence-electron chi connectivity index (χ0n) is 16.1. The van der Waals surface area contributed by atoms with Crippen molar-refractivity contribution in [3.63, 3.8) is 0 Å². The summed E-state index contributed by atoms with van der Waals surface area (Å²) in [6, 6.07) is 11.1. The van der Waals surface area contributed by atoms with Crippen molar-refractivity contribution in [2.75, 3.05) is 5.32 Å². The molecule has 5 heteroatoms. The number of hydrogen-bond acceptors (Lipinski definition) is 4. The lowest BCUT2D eigenvalue weighted by Gasteiger charge is -2.18. The zero-order chi connectivity index (χ0) is 19.8. The Morgan fingerprint density at radius 1 is 1.30 bits per heavy atom. The number of anilines is 1. The summed E-state index contributed by atoms with van der Waals surface area (Å²) in [4.78, 5) is 12.4. The van der Waals surface area contributed by atoms with Crippen molar-refractivity contribution in [1.82, 2.24) is 5.43 Å². The molecular formula is C22H27N3O2. The summed E-state index contributed by atoms with van der Waals surface area (Å²) in [6.45, 7) is 9.66. The molecule has 0 aliphatic carbocycles. The van der Waals surface area contributed by atoms with Crippen LogP contribution in [0.25, 0.3) is 0 Å². The van der Waals surface area contributed by atoms with Crippen molar-refractivity contribution in [1.29, 1.82) is 0 Å². The van der Waals surface area contributed by atoms with Crippen molar-refractivity contribution >= 4 is 17.8 Å². The quantitative estimate of drug-likeness (QED) is 0.375. The Labute approximate surface area is 160 Å². The second-order valence-electron chi connectivity index (χ2n) is 6.51. The van der Waals surface area contributed by atoms with Gasteiger partial charge < -0.3 is 10.4 Å². The van der Waals surface area contributed by atoms with Crippen molar-refractivity contribution in [3.8, 4) is 5.75 Å². The Morgan fingerprint density at radius 2 is 2.07 bits per heavy atom. The predicted octanol–water partition coefficient (Wildman–Crippen LogP) is 4.08. The molecule has 1 unspecified atom stereocenters. The molecule has 5 nitrogen and oxygen atoms in total. The number of aromatic hydroxyl groups is 1. The molecule has 0 aromatic heterocycles. The molecule has 2 aromatic rings. The Balaban J connectivity index is 2.03. The maximum absolute atomic E-state index is 12.4. The highest BCUT2D eigenvalue weighted by Gasteiger charge is 2.16. The molecule has 1 amide bonds. The van der Waals surface area contributed by atoms with E-state index < -0.39 is 6.04 Å². The van der Waals surface area contributed by atoms with E-state index in [0.29, 0.717) is 18.4 Å². The number of aryl methyl sites for hydroxylation is 2. The number of allylic oxidation sites excluding steroid dienone is 1. The third-order valence-corrected chi connectivity index (χ3v) is 4.33. The van der Waals surface area contributed by atoms with E-state index in [1.807, 2.05) is 45.0 Å². The van der Waals surface area contributed by atoms with Gasteiger partial charge in [0.1, 0.15) is 11.8 Å². The molecule has 142 valence electrons. The minimum atomic E-state index is -0.399. The molecular weight excluding hydrogens is 338 g/mol. The van der Waals surface area contributed by atoms with Crippen LogP contribution in [-0.2, 0) is 11.2 Å². The average Bonchev–Trinajstić information content (AvgIpc) is 2.64. The number of nitrogens with one attached hydrogen (secondary N) is 2. The van der Waals surface area contributed by atoms with Gasteiger partial charge in [-0.2, -0.15) is 5.10 Å². The SMILES string of the molecule is C=CCc1cccc(C=NNC(=O)C(CC)Nc2ccc(C)cc2C)c1O. The highest BCUT2D eigenvalue weighted by molar-refractivity contribution is 5.88. The predicted molar refractivity (Wildman–Crippen MR) is 111 cm³/mol. The molecule has 3 N–H and O–H groups in total. The summed E-state index contributed by atoms with van der Waals surface area (Å²) < 4.78 is 0. The van der Waals surface area contributed by atoms with E-state index in [1.165, 1.54) is 11.8 Å². The van der Waals surface area contributed by atoms with Crippen LogP contribution in [0, 0.1) is 13.8 Å². The van der Waals surface area contributed by atoms with Crippen LogP contribution in [0.15, 0.2) is 54.2 Å². The highest BCUT2D eigenvalue weighted by Crippen LogP contribution is 2.21. The lowest BCUT2D eigenvalue weighted by atomic mass is 10.1.